The van der Waals surface area contributed by atoms with Crippen molar-refractivity contribution in [3.63, 3.8) is 0 Å². The second kappa shape index (κ2) is 14.6. The van der Waals surface area contributed by atoms with Crippen LogP contribution in [0.25, 0.3) is 0 Å². The predicted octanol–water partition coefficient (Wildman–Crippen LogP) is 4.52. The van der Waals surface area contributed by atoms with Gasteiger partial charge in [-0.1, -0.05) is 66.7 Å². The monoisotopic (exact) mass is 651 g/mol. The van der Waals surface area contributed by atoms with E-state index in [-0.39, 0.29) is 23.9 Å². The predicted molar refractivity (Wildman–Crippen MR) is 182 cm³/mol. The van der Waals surface area contributed by atoms with E-state index in [4.69, 9.17) is 0 Å². The number of carbonyl (C=O) groups excluding carboxylic acids is 3. The molecule has 47 heavy (non-hydrogen) atoms. The molecule has 0 spiro atoms. The van der Waals surface area contributed by atoms with Crippen LogP contribution < -0.4 is 10.6 Å². The van der Waals surface area contributed by atoms with E-state index in [9.17, 15) is 19.5 Å². The highest BCUT2D eigenvalue weighted by Crippen LogP contribution is 2.35. The number of aliphatic hydroxyl groups is 1. The molecule has 3 heterocycles. The van der Waals surface area contributed by atoms with Gasteiger partial charge >= 0.3 is 0 Å². The molecule has 3 aromatic carbocycles. The van der Waals surface area contributed by atoms with Crippen LogP contribution in [0.3, 0.4) is 0 Å². The van der Waals surface area contributed by atoms with Gasteiger partial charge in [0, 0.05) is 47.9 Å². The molecule has 0 saturated carbocycles. The number of amides is 3. The minimum Gasteiger partial charge on any atom is -0.389 e. The third kappa shape index (κ3) is 7.45. The summed E-state index contributed by atoms with van der Waals surface area (Å²) in [6, 6.07) is 24.2. The van der Waals surface area contributed by atoms with Crippen LogP contribution in [0.1, 0.15) is 68.4 Å². The van der Waals surface area contributed by atoms with E-state index < -0.39 is 24.1 Å². The highest BCUT2D eigenvalue weighted by molar-refractivity contribution is 7.09. The zero-order chi connectivity index (χ0) is 32.9. The Labute approximate surface area is 279 Å². The summed E-state index contributed by atoms with van der Waals surface area (Å²) in [6.45, 7) is 5.51. The Morgan fingerprint density at radius 3 is 2.43 bits per heavy atom. The highest BCUT2D eigenvalue weighted by atomic mass is 32.1. The Morgan fingerprint density at radius 1 is 1.02 bits per heavy atom. The molecule has 0 aliphatic carbocycles. The van der Waals surface area contributed by atoms with Gasteiger partial charge in [-0.25, -0.2) is 4.98 Å². The lowest BCUT2D eigenvalue weighted by molar-refractivity contribution is -0.143. The number of nitrogens with zero attached hydrogens (tertiary/aromatic N) is 3. The van der Waals surface area contributed by atoms with E-state index in [2.05, 4.69) is 15.6 Å². The van der Waals surface area contributed by atoms with Gasteiger partial charge in [0.05, 0.1) is 18.2 Å². The largest absolute Gasteiger partial charge is 0.389 e. The number of thiazole rings is 1. The number of nitrogens with one attached hydrogen (secondary N) is 2. The standard InChI is InChI=1S/C37H41N5O4S/c1-24-23-47-35(39-24)31-17-10-18-41(31)36(45)29-16-9-15-28(20-29)34(44)40-30(19-26-11-5-3-6-12-26)33(43)32-37(46)42(25(2)21-38-32)22-27-13-7-4-8-14-27/h3-9,11-16,20,23,25,30-33,38,43H,10,17-19,21-22H2,1-2H3,(H,40,44)/t25?,30-,31?,32-,33-/m0/s1. The average Bonchev–Trinajstić information content (AvgIpc) is 3.76. The summed E-state index contributed by atoms with van der Waals surface area (Å²) in [5, 5.41) is 21.0. The summed E-state index contributed by atoms with van der Waals surface area (Å²) in [6.07, 6.45) is 0.848. The molecule has 2 unspecified atom stereocenters. The van der Waals surface area contributed by atoms with Crippen molar-refractivity contribution in [2.45, 2.75) is 69.9 Å². The molecular weight excluding hydrogens is 611 g/mol. The Morgan fingerprint density at radius 2 is 1.72 bits per heavy atom. The summed E-state index contributed by atoms with van der Waals surface area (Å²) in [7, 11) is 0. The second-order valence-electron chi connectivity index (χ2n) is 12.5. The van der Waals surface area contributed by atoms with Crippen LogP contribution in [-0.2, 0) is 17.8 Å². The molecule has 4 aromatic rings. The van der Waals surface area contributed by atoms with Crippen molar-refractivity contribution < 1.29 is 19.5 Å². The highest BCUT2D eigenvalue weighted by Gasteiger charge is 2.41. The Balaban J connectivity index is 1.20. The molecule has 0 radical (unpaired) electrons. The fraction of sp³-hybridized carbons (Fsp3) is 0.351. The van der Waals surface area contributed by atoms with Crippen LogP contribution in [-0.4, -0.2) is 74.9 Å². The molecule has 2 fully saturated rings. The average molecular weight is 652 g/mol. The number of carbonyl (C=O) groups is 3. The minimum atomic E-state index is -1.21. The van der Waals surface area contributed by atoms with E-state index in [1.165, 1.54) is 0 Å². The first kappa shape index (κ1) is 32.6. The zero-order valence-electron chi connectivity index (χ0n) is 26.7. The van der Waals surface area contributed by atoms with Crippen LogP contribution in [0.2, 0.25) is 0 Å². The van der Waals surface area contributed by atoms with Crippen LogP contribution in [0.4, 0.5) is 0 Å². The number of hydrogen-bond donors (Lipinski definition) is 3. The van der Waals surface area contributed by atoms with E-state index in [1.807, 2.05) is 84.8 Å². The lowest BCUT2D eigenvalue weighted by Crippen LogP contribution is -2.66. The van der Waals surface area contributed by atoms with Crippen molar-refractivity contribution >= 4 is 29.1 Å². The van der Waals surface area contributed by atoms with Crippen LogP contribution in [0.15, 0.2) is 90.3 Å². The van der Waals surface area contributed by atoms with Gasteiger partial charge in [-0.15, -0.1) is 11.3 Å². The molecular formula is C37H41N5O4S. The van der Waals surface area contributed by atoms with Crippen LogP contribution in [0, 0.1) is 6.92 Å². The topological polar surface area (TPSA) is 115 Å². The normalized spacial score (nSPS) is 21.0. The molecule has 9 nitrogen and oxygen atoms in total. The Kier molecular flexibility index (Phi) is 10.1. The maximum absolute atomic E-state index is 13.8. The minimum absolute atomic E-state index is 0.0663. The number of piperazine rings is 1. The summed E-state index contributed by atoms with van der Waals surface area (Å²) in [4.78, 5) is 49.6. The van der Waals surface area contributed by atoms with E-state index in [1.54, 1.807) is 40.5 Å². The number of aliphatic hydroxyl groups excluding tert-OH is 1. The lowest BCUT2D eigenvalue weighted by atomic mass is 9.93. The van der Waals surface area contributed by atoms with Crippen molar-refractivity contribution in [2.24, 2.45) is 0 Å². The van der Waals surface area contributed by atoms with Crippen molar-refractivity contribution in [1.29, 1.82) is 0 Å². The quantitative estimate of drug-likeness (QED) is 0.232. The third-order valence-corrected chi connectivity index (χ3v) is 10.1. The smallest absolute Gasteiger partial charge is 0.254 e. The van der Waals surface area contributed by atoms with Gasteiger partial charge in [0.2, 0.25) is 5.91 Å². The number of aryl methyl sites for hydroxylation is 1. The van der Waals surface area contributed by atoms with E-state index >= 15 is 0 Å². The van der Waals surface area contributed by atoms with Gasteiger partial charge in [-0.2, -0.15) is 0 Å². The maximum Gasteiger partial charge on any atom is 0.254 e. The molecule has 3 N–H and O–H groups in total. The Hall–Kier alpha value is -4.38. The molecule has 1 aromatic heterocycles. The summed E-state index contributed by atoms with van der Waals surface area (Å²) >= 11 is 1.57. The molecule has 3 amide bonds. The molecule has 10 heteroatoms. The first-order chi connectivity index (χ1) is 22.8. The molecule has 2 aliphatic heterocycles. The summed E-state index contributed by atoms with van der Waals surface area (Å²) in [5.41, 5.74) is 3.60. The first-order valence-corrected chi connectivity index (χ1v) is 17.1. The van der Waals surface area contributed by atoms with Gasteiger partial charge in [-0.05, 0) is 62.4 Å². The first-order valence-electron chi connectivity index (χ1n) is 16.2. The number of likely N-dealkylation sites (tertiary alicyclic amines) is 1. The molecule has 2 aliphatic rings. The number of benzene rings is 3. The third-order valence-electron chi connectivity index (χ3n) is 9.09. The van der Waals surface area contributed by atoms with Gasteiger partial charge < -0.3 is 25.5 Å². The molecule has 244 valence electrons. The summed E-state index contributed by atoms with van der Waals surface area (Å²) < 4.78 is 0. The zero-order valence-corrected chi connectivity index (χ0v) is 27.5. The van der Waals surface area contributed by atoms with Crippen molar-refractivity contribution in [1.82, 2.24) is 25.4 Å². The number of aromatic nitrogens is 1. The van der Waals surface area contributed by atoms with Gasteiger partial charge in [0.25, 0.3) is 11.8 Å². The molecule has 5 atom stereocenters. The SMILES string of the molecule is Cc1csc(C2CCCN2C(=O)c2cccc(C(=O)N[C@@H](Cc3ccccc3)[C@H](O)[C@@H]3NCC(C)N(Cc4ccccc4)C3=O)c2)n1. The van der Waals surface area contributed by atoms with Gasteiger partial charge in [0.1, 0.15) is 11.0 Å². The fourth-order valence-electron chi connectivity index (χ4n) is 6.53. The van der Waals surface area contributed by atoms with E-state index in [0.29, 0.717) is 37.2 Å². The maximum atomic E-state index is 13.8. The van der Waals surface area contributed by atoms with Crippen LogP contribution in [0.5, 0.6) is 0 Å². The Bertz CT molecular complexity index is 1700. The lowest BCUT2D eigenvalue weighted by Gasteiger charge is -2.41. The van der Waals surface area contributed by atoms with Gasteiger partial charge in [-0.3, -0.25) is 14.4 Å². The molecule has 6 rings (SSSR count). The van der Waals surface area contributed by atoms with Crippen LogP contribution >= 0.6 is 11.3 Å². The van der Waals surface area contributed by atoms with E-state index in [0.717, 1.165) is 34.7 Å². The fourth-order valence-corrected chi connectivity index (χ4v) is 7.47. The van der Waals surface area contributed by atoms with Crippen molar-refractivity contribution in [3.8, 4) is 0 Å². The van der Waals surface area contributed by atoms with Crippen molar-refractivity contribution in [2.75, 3.05) is 13.1 Å². The van der Waals surface area contributed by atoms with Crippen molar-refractivity contribution in [3.05, 3.63) is 123 Å². The molecule has 0 bridgehead atoms. The second-order valence-corrected chi connectivity index (χ2v) is 13.4. The van der Waals surface area contributed by atoms with Gasteiger partial charge in [0.15, 0.2) is 0 Å². The molecule has 2 saturated heterocycles. The number of rotatable bonds is 10. The number of hydrogen-bond acceptors (Lipinski definition) is 7. The summed E-state index contributed by atoms with van der Waals surface area (Å²) in [5.74, 6) is -0.776.